The average Bonchev–Trinajstić information content (AvgIpc) is 2.27. The maximum atomic E-state index is 13.8. The van der Waals surface area contributed by atoms with Crippen LogP contribution in [0.1, 0.15) is 59.3 Å². The smallest absolute Gasteiger partial charge is 0.144 e. The predicted molar refractivity (Wildman–Crippen MR) is 71.4 cm³/mol. The Hall–Kier alpha value is -0.440. The molecule has 0 saturated heterocycles. The third kappa shape index (κ3) is 6.77. The van der Waals surface area contributed by atoms with Gasteiger partial charge in [0.25, 0.3) is 0 Å². The Morgan fingerprint density at radius 1 is 1.35 bits per heavy atom. The number of hydrogen-bond donors (Lipinski definition) is 1. The first-order chi connectivity index (χ1) is 8.06. The molecule has 0 saturated carbocycles. The number of allylic oxidation sites excluding steroid dienone is 2. The monoisotopic (exact) mass is 262 g/mol. The topological polar surface area (TPSA) is 36.2 Å². The molecular formula is C13H24ClFN2. The number of halogens is 2. The van der Waals surface area contributed by atoms with E-state index < -0.39 is 6.17 Å². The lowest BCUT2D eigenvalue weighted by atomic mass is 9.99. The lowest BCUT2D eigenvalue weighted by Gasteiger charge is -2.13. The van der Waals surface area contributed by atoms with Gasteiger partial charge in [-0.25, -0.2) is 9.92 Å². The molecule has 100 valence electrons. The maximum absolute atomic E-state index is 13.8. The summed E-state index contributed by atoms with van der Waals surface area (Å²) in [7, 11) is 0. The molecule has 2 nitrogen and oxygen atoms in total. The molecule has 2 unspecified atom stereocenters. The molecule has 0 fully saturated rings. The van der Waals surface area contributed by atoms with Crippen LogP contribution >= 0.6 is 11.6 Å². The van der Waals surface area contributed by atoms with Crippen LogP contribution in [0.5, 0.6) is 0 Å². The highest BCUT2D eigenvalue weighted by Gasteiger charge is 2.16. The minimum atomic E-state index is -1.08. The fraction of sp³-hybridized carbons (Fsp3) is 0.846. The summed E-state index contributed by atoms with van der Waals surface area (Å²) in [4.78, 5) is 0. The Morgan fingerprint density at radius 2 is 2.00 bits per heavy atom. The van der Waals surface area contributed by atoms with Crippen molar-refractivity contribution >= 4 is 11.6 Å². The van der Waals surface area contributed by atoms with Crippen molar-refractivity contribution in [2.45, 2.75) is 70.8 Å². The number of hydrogen-bond acceptors (Lipinski definition) is 2. The Bertz CT molecular complexity index is 252. The normalized spacial score (nSPS) is 16.3. The van der Waals surface area contributed by atoms with E-state index in [0.717, 1.165) is 37.7 Å². The zero-order chi connectivity index (χ0) is 13.3. The molecule has 0 aliphatic rings. The van der Waals surface area contributed by atoms with Crippen LogP contribution in [0.25, 0.3) is 0 Å². The summed E-state index contributed by atoms with van der Waals surface area (Å²) in [5, 5.41) is 3.55. The maximum Gasteiger partial charge on any atom is 0.144 e. The summed E-state index contributed by atoms with van der Waals surface area (Å²) in [6.45, 7) is 5.89. The van der Waals surface area contributed by atoms with E-state index in [1.807, 2.05) is 20.8 Å². The Balaban J connectivity index is 4.55. The second-order valence-corrected chi connectivity index (χ2v) is 5.13. The quantitative estimate of drug-likeness (QED) is 0.414. The third-order valence-electron chi connectivity index (χ3n) is 2.83. The van der Waals surface area contributed by atoms with E-state index in [2.05, 4.69) is 5.11 Å². The molecule has 17 heavy (non-hydrogen) atoms. The number of alkyl halides is 2. The molecule has 0 aliphatic carbocycles. The van der Waals surface area contributed by atoms with Crippen LogP contribution in [0, 0.1) is 5.53 Å². The summed E-state index contributed by atoms with van der Waals surface area (Å²) in [6, 6.07) is 0. The van der Waals surface area contributed by atoms with E-state index in [9.17, 15) is 4.39 Å². The molecular weight excluding hydrogens is 239 g/mol. The first-order valence-electron chi connectivity index (χ1n) is 6.44. The van der Waals surface area contributed by atoms with Crippen molar-refractivity contribution in [2.75, 3.05) is 0 Å². The Morgan fingerprint density at radius 3 is 2.41 bits per heavy atom. The second-order valence-electron chi connectivity index (χ2n) is 4.38. The highest BCUT2D eigenvalue weighted by atomic mass is 35.5. The van der Waals surface area contributed by atoms with Crippen LogP contribution < -0.4 is 0 Å². The molecule has 0 spiro atoms. The molecule has 0 aromatic heterocycles. The van der Waals surface area contributed by atoms with E-state index in [1.165, 1.54) is 0 Å². The minimum absolute atomic E-state index is 0.154. The zero-order valence-corrected chi connectivity index (χ0v) is 11.9. The minimum Gasteiger partial charge on any atom is -0.241 e. The van der Waals surface area contributed by atoms with E-state index in [4.69, 9.17) is 17.1 Å². The first-order valence-corrected chi connectivity index (χ1v) is 6.87. The van der Waals surface area contributed by atoms with Gasteiger partial charge >= 0.3 is 0 Å². The number of rotatable bonds is 9. The lowest BCUT2D eigenvalue weighted by Crippen LogP contribution is -2.06. The van der Waals surface area contributed by atoms with Crippen molar-refractivity contribution in [3.05, 3.63) is 11.3 Å². The van der Waals surface area contributed by atoms with Crippen molar-refractivity contribution < 1.29 is 4.39 Å². The van der Waals surface area contributed by atoms with Crippen LogP contribution in [-0.2, 0) is 0 Å². The fourth-order valence-corrected chi connectivity index (χ4v) is 2.00. The lowest BCUT2D eigenvalue weighted by molar-refractivity contribution is 0.348. The largest absolute Gasteiger partial charge is 0.241 e. The summed E-state index contributed by atoms with van der Waals surface area (Å²) in [6.07, 6.45) is 3.56. The Labute approximate surface area is 109 Å². The fourth-order valence-electron chi connectivity index (χ4n) is 1.84. The van der Waals surface area contributed by atoms with Crippen molar-refractivity contribution in [3.63, 3.8) is 0 Å². The Kier molecular flexibility index (Phi) is 9.33. The van der Waals surface area contributed by atoms with Gasteiger partial charge in [0.05, 0.1) is 5.70 Å². The third-order valence-corrected chi connectivity index (χ3v) is 3.05. The predicted octanol–water partition coefficient (Wildman–Crippen LogP) is 5.62. The van der Waals surface area contributed by atoms with Crippen LogP contribution in [0.15, 0.2) is 16.4 Å². The summed E-state index contributed by atoms with van der Waals surface area (Å²) in [5.74, 6) is 0. The summed E-state index contributed by atoms with van der Waals surface area (Å²) >= 11 is 5.88. The summed E-state index contributed by atoms with van der Waals surface area (Å²) in [5.41, 5.74) is 8.44. The molecule has 2 atom stereocenters. The average molecular weight is 263 g/mol. The molecule has 0 aromatic rings. The van der Waals surface area contributed by atoms with E-state index in [-0.39, 0.29) is 5.38 Å². The standard InChI is InChI=1S/C13H24ClFN2/c1-4-7-12(15)13(17-16)11(5-2)9-6-8-10(3)14/h10,12,16H,4-9H2,1-3H3/b13-11-,17-16?. The number of nitrogens with one attached hydrogen (secondary N) is 1. The summed E-state index contributed by atoms with van der Waals surface area (Å²) < 4.78 is 13.8. The molecule has 0 rings (SSSR count). The van der Waals surface area contributed by atoms with E-state index in [1.54, 1.807) is 0 Å². The van der Waals surface area contributed by atoms with Crippen LogP contribution in [0.4, 0.5) is 4.39 Å². The van der Waals surface area contributed by atoms with Gasteiger partial charge in [-0.05, 0) is 44.6 Å². The molecule has 0 bridgehead atoms. The van der Waals surface area contributed by atoms with Crippen LogP contribution in [-0.4, -0.2) is 11.5 Å². The van der Waals surface area contributed by atoms with Crippen LogP contribution in [0.2, 0.25) is 0 Å². The highest BCUT2D eigenvalue weighted by Crippen LogP contribution is 2.24. The van der Waals surface area contributed by atoms with Crippen molar-refractivity contribution in [1.29, 1.82) is 5.53 Å². The highest BCUT2D eigenvalue weighted by molar-refractivity contribution is 6.20. The van der Waals surface area contributed by atoms with Gasteiger partial charge in [-0.15, -0.1) is 11.6 Å². The molecule has 0 heterocycles. The van der Waals surface area contributed by atoms with Gasteiger partial charge in [0.1, 0.15) is 6.17 Å². The second kappa shape index (κ2) is 9.58. The molecule has 0 radical (unpaired) electrons. The zero-order valence-electron chi connectivity index (χ0n) is 11.1. The van der Waals surface area contributed by atoms with E-state index >= 15 is 0 Å². The molecule has 4 heteroatoms. The van der Waals surface area contributed by atoms with E-state index in [0.29, 0.717) is 12.1 Å². The van der Waals surface area contributed by atoms with Crippen LogP contribution in [0.3, 0.4) is 0 Å². The first kappa shape index (κ1) is 16.6. The van der Waals surface area contributed by atoms with Gasteiger partial charge < -0.3 is 0 Å². The van der Waals surface area contributed by atoms with Gasteiger partial charge in [0.15, 0.2) is 0 Å². The molecule has 1 N–H and O–H groups in total. The van der Waals surface area contributed by atoms with Gasteiger partial charge in [0, 0.05) is 5.38 Å². The molecule has 0 amide bonds. The van der Waals surface area contributed by atoms with Crippen molar-refractivity contribution in [2.24, 2.45) is 5.11 Å². The van der Waals surface area contributed by atoms with Gasteiger partial charge in [-0.1, -0.05) is 20.3 Å². The SMILES string of the molecule is CCCC(F)/C(N=N)=C(\CC)CCCC(C)Cl. The van der Waals surface area contributed by atoms with Crippen molar-refractivity contribution in [1.82, 2.24) is 0 Å². The number of nitrogens with zero attached hydrogens (tertiary/aromatic N) is 1. The van der Waals surface area contributed by atoms with Gasteiger partial charge in [-0.2, -0.15) is 5.11 Å². The molecule has 0 aliphatic heterocycles. The van der Waals surface area contributed by atoms with Gasteiger partial charge in [0.2, 0.25) is 0 Å². The van der Waals surface area contributed by atoms with Crippen molar-refractivity contribution in [3.8, 4) is 0 Å². The molecule has 0 aromatic carbocycles. The van der Waals surface area contributed by atoms with Gasteiger partial charge in [-0.3, -0.25) is 0 Å².